The molecule has 1 aromatic carbocycles. The Bertz CT molecular complexity index is 1060. The van der Waals surface area contributed by atoms with Gasteiger partial charge in [-0.15, -0.1) is 0 Å². The number of rotatable bonds is 5. The Hall–Kier alpha value is -3.01. The maximum atomic E-state index is 12.9. The van der Waals surface area contributed by atoms with Gasteiger partial charge in [0, 0.05) is 29.8 Å². The van der Waals surface area contributed by atoms with Crippen LogP contribution in [0, 0.1) is 23.7 Å². The van der Waals surface area contributed by atoms with Gasteiger partial charge in [0.1, 0.15) is 0 Å². The minimum atomic E-state index is -3.54. The van der Waals surface area contributed by atoms with Crippen molar-refractivity contribution >= 4 is 27.2 Å². The van der Waals surface area contributed by atoms with Gasteiger partial charge in [0.2, 0.25) is 12.0 Å². The van der Waals surface area contributed by atoms with Gasteiger partial charge in [-0.2, -0.15) is 5.26 Å². The van der Waals surface area contributed by atoms with Crippen LogP contribution in [-0.2, 0) is 15.6 Å². The minimum absolute atomic E-state index is 0.0498. The van der Waals surface area contributed by atoms with Crippen LogP contribution in [-0.4, -0.2) is 32.5 Å². The lowest BCUT2D eigenvalue weighted by atomic mass is 10.1. The highest BCUT2D eigenvalue weighted by molar-refractivity contribution is 7.90. The first-order valence-electron chi connectivity index (χ1n) is 9.11. The van der Waals surface area contributed by atoms with Crippen molar-refractivity contribution in [3.05, 3.63) is 47.7 Å². The average molecular weight is 396 g/mol. The molecule has 2 aromatic rings. The molecule has 1 fully saturated rings. The molecule has 2 heterocycles. The van der Waals surface area contributed by atoms with Crippen LogP contribution in [0.2, 0.25) is 0 Å². The van der Waals surface area contributed by atoms with Gasteiger partial charge in [-0.05, 0) is 43.0 Å². The van der Waals surface area contributed by atoms with E-state index in [1.807, 2.05) is 13.0 Å². The van der Waals surface area contributed by atoms with Gasteiger partial charge in [0.15, 0.2) is 15.9 Å². The van der Waals surface area contributed by atoms with Crippen LogP contribution in [0.5, 0.6) is 0 Å². The summed E-state index contributed by atoms with van der Waals surface area (Å²) in [6.45, 7) is 3.48. The SMILES string of the molecule is Cc1ccc(S(=O)(=O)Cc2cc[n+](C(=C=N)C#N)nc2N2CCCCC2)cc1. The third-order valence-corrected chi connectivity index (χ3v) is 6.42. The van der Waals surface area contributed by atoms with E-state index in [4.69, 9.17) is 10.7 Å². The van der Waals surface area contributed by atoms with Crippen molar-refractivity contribution in [1.29, 1.82) is 10.7 Å². The normalized spacial score (nSPS) is 14.2. The predicted octanol–water partition coefficient (Wildman–Crippen LogP) is 2.25. The molecule has 0 saturated carbocycles. The highest BCUT2D eigenvalue weighted by Crippen LogP contribution is 2.25. The monoisotopic (exact) mass is 396 g/mol. The number of allylic oxidation sites excluding steroid dienone is 1. The highest BCUT2D eigenvalue weighted by atomic mass is 32.2. The second kappa shape index (κ2) is 8.34. The summed E-state index contributed by atoms with van der Waals surface area (Å²) in [7, 11) is -3.54. The van der Waals surface area contributed by atoms with E-state index in [-0.39, 0.29) is 16.3 Å². The first-order valence-corrected chi connectivity index (χ1v) is 10.8. The van der Waals surface area contributed by atoms with Crippen LogP contribution < -0.4 is 9.58 Å². The Morgan fingerprint density at radius 2 is 1.89 bits per heavy atom. The Balaban J connectivity index is 2.02. The molecule has 1 N–H and O–H groups in total. The van der Waals surface area contributed by atoms with Gasteiger partial charge in [-0.3, -0.25) is 5.41 Å². The van der Waals surface area contributed by atoms with E-state index in [1.54, 1.807) is 30.3 Å². The molecular weight excluding hydrogens is 374 g/mol. The van der Waals surface area contributed by atoms with E-state index < -0.39 is 9.84 Å². The molecule has 7 nitrogen and oxygen atoms in total. The summed E-state index contributed by atoms with van der Waals surface area (Å²) in [6.07, 6.45) is 4.65. The number of hydrogen-bond acceptors (Lipinski definition) is 6. The molecule has 28 heavy (non-hydrogen) atoms. The van der Waals surface area contributed by atoms with Crippen LogP contribution >= 0.6 is 0 Å². The maximum absolute atomic E-state index is 12.9. The summed E-state index contributed by atoms with van der Waals surface area (Å²) in [5, 5.41) is 20.9. The van der Waals surface area contributed by atoms with Crippen molar-refractivity contribution < 1.29 is 13.1 Å². The molecule has 1 aliphatic heterocycles. The molecule has 0 unspecified atom stereocenters. The Kier molecular flexibility index (Phi) is 5.88. The summed E-state index contributed by atoms with van der Waals surface area (Å²) in [5.74, 6) is 2.43. The van der Waals surface area contributed by atoms with Gasteiger partial charge in [0.25, 0.3) is 0 Å². The fourth-order valence-electron chi connectivity index (χ4n) is 3.21. The number of nitrogens with one attached hydrogen (secondary N) is 1. The molecule has 8 heteroatoms. The van der Waals surface area contributed by atoms with Crippen LogP contribution in [0.1, 0.15) is 30.4 Å². The highest BCUT2D eigenvalue weighted by Gasteiger charge is 2.26. The molecule has 1 saturated heterocycles. The molecule has 144 valence electrons. The topological polar surface area (TPSA) is 102 Å². The van der Waals surface area contributed by atoms with Crippen molar-refractivity contribution in [2.45, 2.75) is 36.8 Å². The summed E-state index contributed by atoms with van der Waals surface area (Å²) in [4.78, 5) is 2.33. The number of piperidine rings is 1. The van der Waals surface area contributed by atoms with E-state index in [2.05, 4.69) is 15.9 Å². The maximum Gasteiger partial charge on any atom is 0.376 e. The summed E-state index contributed by atoms with van der Waals surface area (Å²) >= 11 is 0. The number of benzene rings is 1. The summed E-state index contributed by atoms with van der Waals surface area (Å²) in [6, 6.07) is 10.3. The molecular formula is C20H22N5O2S+. The largest absolute Gasteiger partial charge is 0.376 e. The second-order valence-electron chi connectivity index (χ2n) is 6.81. The zero-order valence-corrected chi connectivity index (χ0v) is 16.5. The fourth-order valence-corrected chi connectivity index (χ4v) is 4.57. The number of hydrogen-bond donors (Lipinski definition) is 1. The second-order valence-corrected chi connectivity index (χ2v) is 8.80. The number of aromatic nitrogens is 2. The molecule has 0 atom stereocenters. The number of nitrogens with zero attached hydrogens (tertiary/aromatic N) is 4. The van der Waals surface area contributed by atoms with Gasteiger partial charge >= 0.3 is 5.70 Å². The van der Waals surface area contributed by atoms with E-state index in [1.165, 1.54) is 10.9 Å². The van der Waals surface area contributed by atoms with Crippen LogP contribution in [0.15, 0.2) is 41.4 Å². The van der Waals surface area contributed by atoms with Crippen molar-refractivity contribution in [1.82, 2.24) is 5.10 Å². The van der Waals surface area contributed by atoms with E-state index in [0.717, 1.165) is 37.9 Å². The van der Waals surface area contributed by atoms with Gasteiger partial charge in [0.05, 0.1) is 16.5 Å². The number of aryl methyl sites for hydroxylation is 1. The minimum Gasteiger partial charge on any atom is -0.351 e. The van der Waals surface area contributed by atoms with Crippen LogP contribution in [0.25, 0.3) is 5.70 Å². The lowest BCUT2D eigenvalue weighted by Gasteiger charge is -2.27. The zero-order chi connectivity index (χ0) is 20.1. The quantitative estimate of drug-likeness (QED) is 0.474. The number of anilines is 1. The number of sulfone groups is 1. The third kappa shape index (κ3) is 4.28. The molecule has 1 aliphatic rings. The van der Waals surface area contributed by atoms with Crippen molar-refractivity contribution in [2.24, 2.45) is 0 Å². The van der Waals surface area contributed by atoms with Crippen molar-refractivity contribution in [3.8, 4) is 6.07 Å². The fraction of sp³-hybridized carbons (Fsp3) is 0.350. The van der Waals surface area contributed by atoms with E-state index in [9.17, 15) is 8.42 Å². The molecule has 0 radical (unpaired) electrons. The molecule has 0 bridgehead atoms. The zero-order valence-electron chi connectivity index (χ0n) is 15.7. The van der Waals surface area contributed by atoms with Gasteiger partial charge in [-0.25, -0.2) is 8.42 Å². The number of nitriles is 1. The van der Waals surface area contributed by atoms with Crippen molar-refractivity contribution in [2.75, 3.05) is 18.0 Å². The van der Waals surface area contributed by atoms with E-state index >= 15 is 0 Å². The standard InChI is InChI=1S/C20H22N5O2S/c1-16-5-7-19(8-6-16)28(26,27)15-17-9-12-25(18(13-21)14-22)23-20(17)24-10-3-2-4-11-24/h5-9,12,21H,2-4,10-11,15H2,1H3/q+1. The lowest BCUT2D eigenvalue weighted by molar-refractivity contribution is -0.640. The van der Waals surface area contributed by atoms with Crippen LogP contribution in [0.3, 0.4) is 0 Å². The molecule has 0 spiro atoms. The van der Waals surface area contributed by atoms with Gasteiger partial charge in [-0.1, -0.05) is 17.7 Å². The summed E-state index contributed by atoms with van der Waals surface area (Å²) < 4.78 is 27.1. The average Bonchev–Trinajstić information content (AvgIpc) is 2.70. The Labute approximate surface area is 165 Å². The third-order valence-electron chi connectivity index (χ3n) is 4.74. The first kappa shape index (κ1) is 19.7. The summed E-state index contributed by atoms with van der Waals surface area (Å²) in [5.41, 5.74) is 1.53. The smallest absolute Gasteiger partial charge is 0.351 e. The Morgan fingerprint density at radius 1 is 1.21 bits per heavy atom. The lowest BCUT2D eigenvalue weighted by Crippen LogP contribution is -2.41. The van der Waals surface area contributed by atoms with Crippen LogP contribution in [0.4, 0.5) is 5.82 Å². The molecule has 0 amide bonds. The van der Waals surface area contributed by atoms with Crippen molar-refractivity contribution in [3.63, 3.8) is 0 Å². The molecule has 1 aromatic heterocycles. The van der Waals surface area contributed by atoms with E-state index in [0.29, 0.717) is 11.4 Å². The molecule has 0 aliphatic carbocycles. The molecule has 3 rings (SSSR count). The Morgan fingerprint density at radius 3 is 2.50 bits per heavy atom. The predicted molar refractivity (Wildman–Crippen MR) is 106 cm³/mol. The van der Waals surface area contributed by atoms with Gasteiger partial charge < -0.3 is 4.90 Å². The first-order chi connectivity index (χ1) is 13.4.